The van der Waals surface area contributed by atoms with Gasteiger partial charge in [-0.25, -0.2) is 18.0 Å². The number of aromatic carboxylic acids is 1. The van der Waals surface area contributed by atoms with Crippen molar-refractivity contribution in [3.05, 3.63) is 23.0 Å². The van der Waals surface area contributed by atoms with Crippen molar-refractivity contribution in [3.8, 4) is 0 Å². The lowest BCUT2D eigenvalue weighted by atomic mass is 10.2. The van der Waals surface area contributed by atoms with E-state index in [2.05, 4.69) is 0 Å². The molecule has 0 fully saturated rings. The minimum atomic E-state index is -3.18. The molecule has 1 rings (SSSR count). The number of nitrogens with one attached hydrogen (secondary N) is 1. The number of carbonyl (C=O) groups is 3. The maximum absolute atomic E-state index is 12.4. The molecule has 128 valence electrons. The van der Waals surface area contributed by atoms with E-state index in [1.54, 1.807) is 5.32 Å². The molecule has 0 radical (unpaired) electrons. The molecular formula is C13H15F3N2O5. The number of methoxy groups -OCH3 is 1. The van der Waals surface area contributed by atoms with E-state index in [0.717, 1.165) is 10.6 Å². The molecule has 1 atom stereocenters. The van der Waals surface area contributed by atoms with Gasteiger partial charge in [0.05, 0.1) is 23.6 Å². The average Bonchev–Trinajstić information content (AvgIpc) is 2.81. The smallest absolute Gasteiger partial charge is 0.337 e. The van der Waals surface area contributed by atoms with Crippen LogP contribution >= 0.6 is 0 Å². The number of amides is 1. The van der Waals surface area contributed by atoms with Gasteiger partial charge in [0.1, 0.15) is 12.7 Å². The first-order valence-electron chi connectivity index (χ1n) is 6.34. The standard InChI is InChI=1S/C13H15F3N2O5/c1-18-8(3-6(13(21)22)9(18)5-23-2)10(19)12(20)17-7(4-14)11(15)16/h3,7,11H,4-5H2,1-2H3,(H,17,20)(H,21,22). The second kappa shape index (κ2) is 7.77. The summed E-state index contributed by atoms with van der Waals surface area (Å²) in [6, 6.07) is -1.17. The van der Waals surface area contributed by atoms with E-state index in [9.17, 15) is 27.6 Å². The number of halogens is 3. The van der Waals surface area contributed by atoms with Gasteiger partial charge in [-0.2, -0.15) is 0 Å². The predicted molar refractivity (Wildman–Crippen MR) is 71.3 cm³/mol. The Balaban J connectivity index is 3.10. The van der Waals surface area contributed by atoms with Crippen LogP contribution in [0.2, 0.25) is 0 Å². The zero-order chi connectivity index (χ0) is 17.7. The monoisotopic (exact) mass is 336 g/mol. The van der Waals surface area contributed by atoms with Gasteiger partial charge >= 0.3 is 5.97 Å². The number of carbonyl (C=O) groups excluding carboxylic acids is 2. The van der Waals surface area contributed by atoms with Crippen molar-refractivity contribution in [1.29, 1.82) is 0 Å². The van der Waals surface area contributed by atoms with Crippen LogP contribution in [0.5, 0.6) is 0 Å². The van der Waals surface area contributed by atoms with E-state index in [0.29, 0.717) is 0 Å². The van der Waals surface area contributed by atoms with Crippen molar-refractivity contribution >= 4 is 17.7 Å². The Morgan fingerprint density at radius 3 is 2.43 bits per heavy atom. The van der Waals surface area contributed by atoms with Crippen LogP contribution in [-0.4, -0.2) is 53.6 Å². The third kappa shape index (κ3) is 4.09. The highest BCUT2D eigenvalue weighted by Gasteiger charge is 2.29. The lowest BCUT2D eigenvalue weighted by Crippen LogP contribution is -2.45. The fraction of sp³-hybridized carbons (Fsp3) is 0.462. The Morgan fingerprint density at radius 2 is 2.00 bits per heavy atom. The van der Waals surface area contributed by atoms with Crippen molar-refractivity contribution in [3.63, 3.8) is 0 Å². The summed E-state index contributed by atoms with van der Waals surface area (Å²) in [4.78, 5) is 34.8. The third-order valence-electron chi connectivity index (χ3n) is 3.10. The Kier molecular flexibility index (Phi) is 6.31. The molecule has 1 aromatic heterocycles. The minimum absolute atomic E-state index is 0.118. The molecule has 1 aromatic rings. The molecular weight excluding hydrogens is 321 g/mol. The molecule has 0 aliphatic carbocycles. The molecule has 10 heteroatoms. The lowest BCUT2D eigenvalue weighted by molar-refractivity contribution is -0.119. The SMILES string of the molecule is COCc1c(C(=O)O)cc(C(=O)C(=O)NC(CF)C(F)F)n1C. The van der Waals surface area contributed by atoms with Crippen LogP contribution in [0.25, 0.3) is 0 Å². The normalized spacial score (nSPS) is 12.3. The van der Waals surface area contributed by atoms with E-state index in [1.165, 1.54) is 14.2 Å². The summed E-state index contributed by atoms with van der Waals surface area (Å²) >= 11 is 0. The minimum Gasteiger partial charge on any atom is -0.478 e. The van der Waals surface area contributed by atoms with Crippen molar-refractivity contribution < 1.29 is 37.4 Å². The largest absolute Gasteiger partial charge is 0.478 e. The van der Waals surface area contributed by atoms with Gasteiger partial charge in [-0.3, -0.25) is 9.59 Å². The van der Waals surface area contributed by atoms with Crippen LogP contribution in [0.1, 0.15) is 26.5 Å². The number of aromatic nitrogens is 1. The Hall–Kier alpha value is -2.36. The first kappa shape index (κ1) is 18.7. The van der Waals surface area contributed by atoms with Gasteiger partial charge < -0.3 is 19.7 Å². The van der Waals surface area contributed by atoms with Gasteiger partial charge in [0.2, 0.25) is 0 Å². The summed E-state index contributed by atoms with van der Waals surface area (Å²) < 4.78 is 43.1. The highest BCUT2D eigenvalue weighted by atomic mass is 19.3. The van der Waals surface area contributed by atoms with E-state index >= 15 is 0 Å². The number of hydrogen-bond donors (Lipinski definition) is 2. The Bertz CT molecular complexity index is 615. The van der Waals surface area contributed by atoms with Gasteiger partial charge in [-0.05, 0) is 6.07 Å². The third-order valence-corrected chi connectivity index (χ3v) is 3.10. The number of carboxylic acids is 1. The molecule has 0 aromatic carbocycles. The van der Waals surface area contributed by atoms with Gasteiger partial charge in [0, 0.05) is 14.2 Å². The van der Waals surface area contributed by atoms with Gasteiger partial charge in [0.15, 0.2) is 0 Å². The molecule has 0 bridgehead atoms. The van der Waals surface area contributed by atoms with Crippen molar-refractivity contribution in [1.82, 2.24) is 9.88 Å². The lowest BCUT2D eigenvalue weighted by Gasteiger charge is -2.13. The van der Waals surface area contributed by atoms with E-state index in [-0.39, 0.29) is 23.6 Å². The van der Waals surface area contributed by atoms with Crippen molar-refractivity contribution in [2.45, 2.75) is 19.1 Å². The molecule has 0 spiro atoms. The average molecular weight is 336 g/mol. The fourth-order valence-corrected chi connectivity index (χ4v) is 1.88. The summed E-state index contributed by atoms with van der Waals surface area (Å²) in [5.74, 6) is -4.05. The van der Waals surface area contributed by atoms with E-state index < -0.39 is 36.8 Å². The number of carboxylic acid groups (broad SMARTS) is 1. The Morgan fingerprint density at radius 1 is 1.39 bits per heavy atom. The fourth-order valence-electron chi connectivity index (χ4n) is 1.88. The number of Topliss-reactive ketones (excluding diaryl/α,β-unsaturated/α-hetero) is 1. The maximum atomic E-state index is 12.4. The summed E-state index contributed by atoms with van der Waals surface area (Å²) in [7, 11) is 2.63. The topological polar surface area (TPSA) is 97.6 Å². The van der Waals surface area contributed by atoms with Crippen molar-refractivity contribution in [2.24, 2.45) is 7.05 Å². The van der Waals surface area contributed by atoms with Crippen molar-refractivity contribution in [2.75, 3.05) is 13.8 Å². The molecule has 0 saturated carbocycles. The molecule has 0 saturated heterocycles. The zero-order valence-corrected chi connectivity index (χ0v) is 12.3. The highest BCUT2D eigenvalue weighted by molar-refractivity contribution is 6.42. The van der Waals surface area contributed by atoms with Crippen LogP contribution in [0.4, 0.5) is 13.2 Å². The molecule has 1 amide bonds. The van der Waals surface area contributed by atoms with Crippen LogP contribution in [0.3, 0.4) is 0 Å². The second-order valence-corrected chi connectivity index (χ2v) is 4.58. The summed E-state index contributed by atoms with van der Waals surface area (Å²) in [5.41, 5.74) is -0.479. The first-order chi connectivity index (χ1) is 10.7. The first-order valence-corrected chi connectivity index (χ1v) is 6.34. The van der Waals surface area contributed by atoms with E-state index in [1.807, 2.05) is 0 Å². The Labute approximate surface area is 129 Å². The molecule has 0 aliphatic rings. The highest BCUT2D eigenvalue weighted by Crippen LogP contribution is 2.17. The van der Waals surface area contributed by atoms with Gasteiger partial charge in [-0.1, -0.05) is 0 Å². The van der Waals surface area contributed by atoms with Crippen LogP contribution in [0, 0.1) is 0 Å². The zero-order valence-electron chi connectivity index (χ0n) is 12.3. The number of nitrogens with zero attached hydrogens (tertiary/aromatic N) is 1. The molecule has 7 nitrogen and oxygen atoms in total. The van der Waals surface area contributed by atoms with Crippen LogP contribution in [0.15, 0.2) is 6.07 Å². The quantitative estimate of drug-likeness (QED) is 0.540. The van der Waals surface area contributed by atoms with E-state index in [4.69, 9.17) is 9.84 Å². The summed E-state index contributed by atoms with van der Waals surface area (Å²) in [6.07, 6.45) is -3.18. The summed E-state index contributed by atoms with van der Waals surface area (Å²) in [5, 5.41) is 10.7. The van der Waals surface area contributed by atoms with Crippen LogP contribution < -0.4 is 5.32 Å². The molecule has 0 aliphatic heterocycles. The maximum Gasteiger partial charge on any atom is 0.337 e. The molecule has 2 N–H and O–H groups in total. The number of rotatable bonds is 8. The number of alkyl halides is 3. The van der Waals surface area contributed by atoms with Crippen LogP contribution in [-0.2, 0) is 23.2 Å². The molecule has 1 heterocycles. The number of ketones is 1. The second-order valence-electron chi connectivity index (χ2n) is 4.58. The predicted octanol–water partition coefficient (Wildman–Crippen LogP) is 0.772. The number of hydrogen-bond acceptors (Lipinski definition) is 4. The molecule has 1 unspecified atom stereocenters. The summed E-state index contributed by atoms with van der Waals surface area (Å²) in [6.45, 7) is -1.68. The molecule has 23 heavy (non-hydrogen) atoms. The van der Waals surface area contributed by atoms with Gasteiger partial charge in [-0.15, -0.1) is 0 Å². The van der Waals surface area contributed by atoms with Gasteiger partial charge in [0.25, 0.3) is 18.1 Å². The number of ether oxygens (including phenoxy) is 1.